The smallest absolute Gasteiger partial charge is 0.445 e. The summed E-state index contributed by atoms with van der Waals surface area (Å²) in [5.41, 5.74) is 0.680. The van der Waals surface area contributed by atoms with Crippen LogP contribution in [0.4, 0.5) is 22.0 Å². The molecule has 1 aromatic rings. The van der Waals surface area contributed by atoms with E-state index in [9.17, 15) is 22.0 Å². The third kappa shape index (κ3) is 4.24. The summed E-state index contributed by atoms with van der Waals surface area (Å²) >= 11 is 11.4. The van der Waals surface area contributed by atoms with Gasteiger partial charge in [0.1, 0.15) is 6.61 Å². The summed E-state index contributed by atoms with van der Waals surface area (Å²) in [7, 11) is 0. The van der Waals surface area contributed by atoms with Gasteiger partial charge in [0.2, 0.25) is 5.83 Å². The molecule has 0 bridgehead atoms. The van der Waals surface area contributed by atoms with E-state index in [2.05, 4.69) is 4.74 Å². The van der Waals surface area contributed by atoms with Gasteiger partial charge in [-0.25, -0.2) is 4.39 Å². The maximum atomic E-state index is 12.9. The Bertz CT molecular complexity index is 487. The molecule has 0 heterocycles. The van der Waals surface area contributed by atoms with Crippen molar-refractivity contribution in [2.75, 3.05) is 6.61 Å². The summed E-state index contributed by atoms with van der Waals surface area (Å²) in [5, 5.41) is -0.0181. The third-order valence-corrected chi connectivity index (χ3v) is 2.53. The lowest BCUT2D eigenvalue weighted by Crippen LogP contribution is -2.12. The van der Waals surface area contributed by atoms with E-state index in [4.69, 9.17) is 23.2 Å². The van der Waals surface area contributed by atoms with Crippen LogP contribution in [0.25, 0.3) is 0 Å². The molecule has 0 aliphatic carbocycles. The number of rotatable bonds is 3. The molecule has 1 rings (SSSR count). The molecular formula is C11H7Cl2F5O. The van der Waals surface area contributed by atoms with E-state index < -0.39 is 24.4 Å². The van der Waals surface area contributed by atoms with E-state index >= 15 is 0 Å². The first-order valence-corrected chi connectivity index (χ1v) is 5.58. The fourth-order valence-corrected chi connectivity index (χ4v) is 1.88. The number of aryl methyl sites for hydroxylation is 1. The number of ether oxygens (including phenoxy) is 1. The average Bonchev–Trinajstić information content (AvgIpc) is 2.24. The minimum Gasteiger partial charge on any atom is -0.483 e. The summed E-state index contributed by atoms with van der Waals surface area (Å²) in [6.07, 6.45) is -5.39. The van der Waals surface area contributed by atoms with Crippen LogP contribution in [0.1, 0.15) is 5.56 Å². The molecule has 0 aliphatic rings. The van der Waals surface area contributed by atoms with Crippen molar-refractivity contribution in [2.24, 2.45) is 0 Å². The molecule has 8 heteroatoms. The van der Waals surface area contributed by atoms with Crippen LogP contribution in [0.2, 0.25) is 10.0 Å². The molecule has 0 N–H and O–H groups in total. The van der Waals surface area contributed by atoms with Crippen LogP contribution >= 0.6 is 23.2 Å². The molecule has 0 aromatic heterocycles. The van der Waals surface area contributed by atoms with Gasteiger partial charge < -0.3 is 4.74 Å². The van der Waals surface area contributed by atoms with Crippen molar-refractivity contribution in [3.63, 3.8) is 0 Å². The van der Waals surface area contributed by atoms with Gasteiger partial charge in [0.25, 0.3) is 0 Å². The van der Waals surface area contributed by atoms with E-state index in [1.165, 1.54) is 12.1 Å². The summed E-state index contributed by atoms with van der Waals surface area (Å²) in [4.78, 5) is 0. The molecule has 0 aliphatic heterocycles. The van der Waals surface area contributed by atoms with Crippen molar-refractivity contribution in [2.45, 2.75) is 13.1 Å². The fraction of sp³-hybridized carbons (Fsp3) is 0.273. The topological polar surface area (TPSA) is 9.23 Å². The normalized spacial score (nSPS) is 13.3. The molecule has 0 amide bonds. The minimum absolute atomic E-state index is 0.00906. The lowest BCUT2D eigenvalue weighted by Gasteiger charge is -2.11. The fourth-order valence-electron chi connectivity index (χ4n) is 1.18. The summed E-state index contributed by atoms with van der Waals surface area (Å²) in [6.45, 7) is 0.416. The van der Waals surface area contributed by atoms with E-state index in [0.717, 1.165) is 0 Å². The zero-order valence-corrected chi connectivity index (χ0v) is 10.9. The SMILES string of the molecule is Cc1cc(Cl)c(OC/C(F)=C(\F)C(F)(F)F)c(Cl)c1. The van der Waals surface area contributed by atoms with E-state index in [-0.39, 0.29) is 15.8 Å². The highest BCUT2D eigenvalue weighted by atomic mass is 35.5. The van der Waals surface area contributed by atoms with Gasteiger partial charge >= 0.3 is 6.18 Å². The van der Waals surface area contributed by atoms with Crippen LogP contribution in [-0.2, 0) is 0 Å². The van der Waals surface area contributed by atoms with Crippen molar-refractivity contribution < 1.29 is 26.7 Å². The predicted octanol–water partition coefficient (Wildman–Crippen LogP) is 5.39. The van der Waals surface area contributed by atoms with Crippen LogP contribution in [0.15, 0.2) is 23.8 Å². The molecule has 0 saturated heterocycles. The zero-order valence-electron chi connectivity index (χ0n) is 9.42. The van der Waals surface area contributed by atoms with Crippen molar-refractivity contribution in [1.29, 1.82) is 0 Å². The number of hydrogen-bond acceptors (Lipinski definition) is 1. The minimum atomic E-state index is -5.39. The highest BCUT2D eigenvalue weighted by Crippen LogP contribution is 2.35. The van der Waals surface area contributed by atoms with Gasteiger partial charge in [-0.1, -0.05) is 23.2 Å². The Balaban J connectivity index is 2.90. The standard InChI is InChI=1S/C11H7Cl2F5O/c1-5-2-6(12)9(7(13)3-5)19-4-8(14)10(15)11(16,17)18/h2-3H,4H2,1H3/b10-8+. The maximum absolute atomic E-state index is 12.9. The summed E-state index contributed by atoms with van der Waals surface area (Å²) in [5.74, 6) is -5.13. The monoisotopic (exact) mass is 320 g/mol. The predicted molar refractivity (Wildman–Crippen MR) is 62.0 cm³/mol. The first-order valence-electron chi connectivity index (χ1n) is 4.82. The molecule has 0 unspecified atom stereocenters. The number of benzene rings is 1. The number of hydrogen-bond donors (Lipinski definition) is 0. The zero-order chi connectivity index (χ0) is 14.8. The van der Waals surface area contributed by atoms with Crippen molar-refractivity contribution in [3.05, 3.63) is 39.4 Å². The van der Waals surface area contributed by atoms with Crippen molar-refractivity contribution in [3.8, 4) is 5.75 Å². The summed E-state index contributed by atoms with van der Waals surface area (Å²) in [6, 6.07) is 2.84. The van der Waals surface area contributed by atoms with Gasteiger partial charge in [0, 0.05) is 0 Å². The van der Waals surface area contributed by atoms with Gasteiger partial charge in [-0.3, -0.25) is 0 Å². The first-order chi connectivity index (χ1) is 8.62. The van der Waals surface area contributed by atoms with Crippen LogP contribution in [0.5, 0.6) is 5.75 Å². The Kier molecular flexibility index (Phi) is 5.04. The van der Waals surface area contributed by atoms with Crippen molar-refractivity contribution in [1.82, 2.24) is 0 Å². The highest BCUT2D eigenvalue weighted by Gasteiger charge is 2.38. The molecule has 19 heavy (non-hydrogen) atoms. The molecule has 0 atom stereocenters. The first kappa shape index (κ1) is 16.0. The molecule has 0 radical (unpaired) electrons. The van der Waals surface area contributed by atoms with Gasteiger partial charge in [0.05, 0.1) is 10.0 Å². The van der Waals surface area contributed by atoms with Crippen molar-refractivity contribution >= 4 is 23.2 Å². The second-order valence-electron chi connectivity index (χ2n) is 3.56. The maximum Gasteiger partial charge on any atom is 0.445 e. The van der Waals surface area contributed by atoms with Crippen LogP contribution in [-0.4, -0.2) is 12.8 Å². The van der Waals surface area contributed by atoms with Crippen LogP contribution in [0, 0.1) is 6.92 Å². The molecule has 0 spiro atoms. The highest BCUT2D eigenvalue weighted by molar-refractivity contribution is 6.37. The molecule has 0 saturated carbocycles. The van der Waals surface area contributed by atoms with Crippen LogP contribution < -0.4 is 4.74 Å². The Morgan fingerprint density at radius 1 is 1.16 bits per heavy atom. The lowest BCUT2D eigenvalue weighted by molar-refractivity contribution is -0.111. The van der Waals surface area contributed by atoms with E-state index in [1.807, 2.05) is 0 Å². The Morgan fingerprint density at radius 3 is 2.05 bits per heavy atom. The quantitative estimate of drug-likeness (QED) is 0.678. The summed E-state index contributed by atoms with van der Waals surface area (Å²) < 4.78 is 65.6. The number of allylic oxidation sites excluding steroid dienone is 1. The Morgan fingerprint density at radius 2 is 1.63 bits per heavy atom. The number of alkyl halides is 3. The molecule has 1 nitrogen and oxygen atoms in total. The molecule has 0 fully saturated rings. The Labute approximate surface area is 115 Å². The second kappa shape index (κ2) is 5.96. The lowest BCUT2D eigenvalue weighted by atomic mass is 10.2. The molecule has 106 valence electrons. The van der Waals surface area contributed by atoms with Gasteiger partial charge in [-0.15, -0.1) is 0 Å². The molecular weight excluding hydrogens is 314 g/mol. The van der Waals surface area contributed by atoms with E-state index in [1.54, 1.807) is 6.92 Å². The van der Waals surface area contributed by atoms with Gasteiger partial charge in [-0.2, -0.15) is 17.6 Å². The van der Waals surface area contributed by atoms with Gasteiger partial charge in [0.15, 0.2) is 11.6 Å². The van der Waals surface area contributed by atoms with Gasteiger partial charge in [-0.05, 0) is 24.6 Å². The number of halogens is 7. The second-order valence-corrected chi connectivity index (χ2v) is 4.38. The molecule has 1 aromatic carbocycles. The van der Waals surface area contributed by atoms with E-state index in [0.29, 0.717) is 5.56 Å². The average molecular weight is 321 g/mol. The van der Waals surface area contributed by atoms with Crippen LogP contribution in [0.3, 0.4) is 0 Å². The largest absolute Gasteiger partial charge is 0.483 e. The third-order valence-electron chi connectivity index (χ3n) is 1.97. The Hall–Kier alpha value is -1.01.